The minimum atomic E-state index is -4.47. The summed E-state index contributed by atoms with van der Waals surface area (Å²) in [5.74, 6) is 0.516. The molecule has 1 atom stereocenters. The zero-order chi connectivity index (χ0) is 19.9. The minimum absolute atomic E-state index is 0. The van der Waals surface area contributed by atoms with Crippen molar-refractivity contribution in [3.8, 4) is 0 Å². The number of rotatable bonds is 3. The Morgan fingerprint density at radius 3 is 2.72 bits per heavy atom. The van der Waals surface area contributed by atoms with Gasteiger partial charge in [0.25, 0.3) is 5.56 Å². The van der Waals surface area contributed by atoms with Gasteiger partial charge in [-0.05, 0) is 30.7 Å². The SMILES string of the molecule is Cl.N[C@H]1CCN(c2nc(Nc3cccc(C(F)(F)F)c3)c3c(=O)[nH]ccc3n2)C1. The molecule has 7 nitrogen and oxygen atoms in total. The Hall–Kier alpha value is -2.85. The van der Waals surface area contributed by atoms with Gasteiger partial charge in [-0.3, -0.25) is 4.79 Å². The number of benzene rings is 1. The Kier molecular flexibility index (Phi) is 5.67. The van der Waals surface area contributed by atoms with Crippen LogP contribution in [-0.2, 0) is 6.18 Å². The van der Waals surface area contributed by atoms with E-state index in [2.05, 4.69) is 20.3 Å². The maximum absolute atomic E-state index is 13.0. The van der Waals surface area contributed by atoms with Gasteiger partial charge in [-0.2, -0.15) is 18.2 Å². The Bertz CT molecular complexity index is 1090. The van der Waals surface area contributed by atoms with E-state index in [-0.39, 0.29) is 35.3 Å². The van der Waals surface area contributed by atoms with Crippen molar-refractivity contribution < 1.29 is 13.2 Å². The predicted molar refractivity (Wildman–Crippen MR) is 107 cm³/mol. The molecule has 1 saturated heterocycles. The summed E-state index contributed by atoms with van der Waals surface area (Å²) in [4.78, 5) is 25.6. The van der Waals surface area contributed by atoms with Crippen LogP contribution in [0.15, 0.2) is 41.3 Å². The summed E-state index contributed by atoms with van der Waals surface area (Å²) in [6.45, 7) is 1.23. The quantitative estimate of drug-likeness (QED) is 0.595. The normalized spacial score (nSPS) is 16.7. The fraction of sp³-hybridized carbons (Fsp3) is 0.278. The third-order valence-electron chi connectivity index (χ3n) is 4.57. The molecule has 1 aliphatic rings. The predicted octanol–water partition coefficient (Wildman–Crippen LogP) is 3.04. The summed E-state index contributed by atoms with van der Waals surface area (Å²) < 4.78 is 39.0. The maximum atomic E-state index is 13.0. The van der Waals surface area contributed by atoms with Crippen LogP contribution in [0.5, 0.6) is 0 Å². The van der Waals surface area contributed by atoms with Gasteiger partial charge < -0.3 is 20.9 Å². The molecule has 3 aromatic rings. The number of anilines is 3. The highest BCUT2D eigenvalue weighted by Crippen LogP contribution is 2.32. The smallest absolute Gasteiger partial charge is 0.339 e. The number of pyridine rings is 1. The molecule has 2 aromatic heterocycles. The molecular formula is C18H18ClF3N6O. The Morgan fingerprint density at radius 1 is 1.24 bits per heavy atom. The first-order valence-electron chi connectivity index (χ1n) is 8.65. The lowest BCUT2D eigenvalue weighted by Gasteiger charge is -2.18. The average Bonchev–Trinajstić information content (AvgIpc) is 3.07. The molecule has 1 aliphatic heterocycles. The van der Waals surface area contributed by atoms with Crippen molar-refractivity contribution >= 4 is 40.8 Å². The molecule has 0 radical (unpaired) electrons. The highest BCUT2D eigenvalue weighted by molar-refractivity contribution is 5.91. The second-order valence-corrected chi connectivity index (χ2v) is 6.64. The lowest BCUT2D eigenvalue weighted by molar-refractivity contribution is -0.137. The molecular weight excluding hydrogens is 409 g/mol. The molecule has 4 N–H and O–H groups in total. The zero-order valence-corrected chi connectivity index (χ0v) is 15.8. The third-order valence-corrected chi connectivity index (χ3v) is 4.57. The first kappa shape index (κ1) is 20.9. The molecule has 4 rings (SSSR count). The van der Waals surface area contributed by atoms with Crippen molar-refractivity contribution in [3.63, 3.8) is 0 Å². The number of hydrogen-bond acceptors (Lipinski definition) is 6. The molecule has 1 fully saturated rings. The number of alkyl halides is 3. The van der Waals surface area contributed by atoms with E-state index < -0.39 is 17.3 Å². The van der Waals surface area contributed by atoms with Crippen LogP contribution >= 0.6 is 12.4 Å². The monoisotopic (exact) mass is 426 g/mol. The van der Waals surface area contributed by atoms with Crippen molar-refractivity contribution in [3.05, 3.63) is 52.4 Å². The topological polar surface area (TPSA) is 99.9 Å². The third kappa shape index (κ3) is 4.28. The van der Waals surface area contributed by atoms with E-state index in [1.807, 2.05) is 4.90 Å². The number of nitrogens with zero attached hydrogens (tertiary/aromatic N) is 3. The second-order valence-electron chi connectivity index (χ2n) is 6.64. The highest BCUT2D eigenvalue weighted by Gasteiger charge is 2.30. The van der Waals surface area contributed by atoms with Crippen LogP contribution in [0.2, 0.25) is 0 Å². The Balaban J connectivity index is 0.00000240. The van der Waals surface area contributed by atoms with E-state index in [0.717, 1.165) is 18.6 Å². The molecule has 0 unspecified atom stereocenters. The van der Waals surface area contributed by atoms with Crippen molar-refractivity contribution in [1.82, 2.24) is 15.0 Å². The van der Waals surface area contributed by atoms with Crippen molar-refractivity contribution in [2.45, 2.75) is 18.6 Å². The number of aromatic nitrogens is 3. The molecule has 0 spiro atoms. The van der Waals surface area contributed by atoms with E-state index in [1.165, 1.54) is 18.3 Å². The van der Waals surface area contributed by atoms with Crippen molar-refractivity contribution in [2.75, 3.05) is 23.3 Å². The van der Waals surface area contributed by atoms with E-state index in [9.17, 15) is 18.0 Å². The summed E-state index contributed by atoms with van der Waals surface area (Å²) in [5, 5.41) is 3.02. The lowest BCUT2D eigenvalue weighted by atomic mass is 10.2. The summed E-state index contributed by atoms with van der Waals surface area (Å²) in [5.41, 5.74) is 5.28. The maximum Gasteiger partial charge on any atom is 0.416 e. The van der Waals surface area contributed by atoms with Crippen LogP contribution in [0.4, 0.5) is 30.6 Å². The number of nitrogens with one attached hydrogen (secondary N) is 2. The number of halogens is 4. The number of nitrogens with two attached hydrogens (primary N) is 1. The van der Waals surface area contributed by atoms with Gasteiger partial charge in [0.15, 0.2) is 0 Å². The van der Waals surface area contributed by atoms with Crippen LogP contribution in [0.3, 0.4) is 0 Å². The van der Waals surface area contributed by atoms with Gasteiger partial charge in [0, 0.05) is 31.0 Å². The largest absolute Gasteiger partial charge is 0.416 e. The average molecular weight is 427 g/mol. The molecule has 29 heavy (non-hydrogen) atoms. The molecule has 11 heteroatoms. The molecule has 0 amide bonds. The Morgan fingerprint density at radius 2 is 2.03 bits per heavy atom. The van der Waals surface area contributed by atoms with Crippen LogP contribution < -0.4 is 21.5 Å². The molecule has 154 valence electrons. The molecule has 0 aliphatic carbocycles. The number of H-pyrrole nitrogens is 1. The van der Waals surface area contributed by atoms with E-state index >= 15 is 0 Å². The van der Waals surface area contributed by atoms with Gasteiger partial charge >= 0.3 is 6.18 Å². The van der Waals surface area contributed by atoms with Gasteiger partial charge in [0.05, 0.1) is 11.1 Å². The van der Waals surface area contributed by atoms with Crippen molar-refractivity contribution in [2.24, 2.45) is 5.73 Å². The van der Waals surface area contributed by atoms with Crippen molar-refractivity contribution in [1.29, 1.82) is 0 Å². The number of aromatic amines is 1. The minimum Gasteiger partial charge on any atom is -0.339 e. The van der Waals surface area contributed by atoms with Crippen LogP contribution in [-0.4, -0.2) is 34.1 Å². The highest BCUT2D eigenvalue weighted by atomic mass is 35.5. The van der Waals surface area contributed by atoms with Gasteiger partial charge in [0.1, 0.15) is 11.2 Å². The fourth-order valence-corrected chi connectivity index (χ4v) is 3.19. The second kappa shape index (κ2) is 7.88. The van der Waals surface area contributed by atoms with E-state index in [1.54, 1.807) is 6.07 Å². The van der Waals surface area contributed by atoms with Crippen LogP contribution in [0, 0.1) is 0 Å². The zero-order valence-electron chi connectivity index (χ0n) is 15.0. The molecule has 3 heterocycles. The van der Waals surface area contributed by atoms with E-state index in [0.29, 0.717) is 24.6 Å². The van der Waals surface area contributed by atoms with Gasteiger partial charge in [-0.15, -0.1) is 12.4 Å². The molecule has 0 bridgehead atoms. The van der Waals surface area contributed by atoms with Crippen LogP contribution in [0.25, 0.3) is 10.9 Å². The fourth-order valence-electron chi connectivity index (χ4n) is 3.19. The number of hydrogen-bond donors (Lipinski definition) is 3. The van der Waals surface area contributed by atoms with Gasteiger partial charge in [-0.1, -0.05) is 6.07 Å². The van der Waals surface area contributed by atoms with Gasteiger partial charge in [-0.25, -0.2) is 4.98 Å². The first-order valence-corrected chi connectivity index (χ1v) is 8.65. The number of fused-ring (bicyclic) bond motifs is 1. The van der Waals surface area contributed by atoms with E-state index in [4.69, 9.17) is 5.73 Å². The molecule has 1 aromatic carbocycles. The van der Waals surface area contributed by atoms with Gasteiger partial charge in [0.2, 0.25) is 5.95 Å². The van der Waals surface area contributed by atoms with Crippen LogP contribution in [0.1, 0.15) is 12.0 Å². The summed E-state index contributed by atoms with van der Waals surface area (Å²) >= 11 is 0. The Labute approximate surface area is 169 Å². The summed E-state index contributed by atoms with van der Waals surface area (Å²) in [6.07, 6.45) is -2.22. The summed E-state index contributed by atoms with van der Waals surface area (Å²) in [7, 11) is 0. The summed E-state index contributed by atoms with van der Waals surface area (Å²) in [6, 6.07) is 6.34. The molecule has 0 saturated carbocycles. The standard InChI is InChI=1S/C18H17F3N6O.ClH/c19-18(20,21)10-2-1-3-12(8-10)24-15-14-13(4-6-23-16(14)28)25-17(26-15)27-7-5-11(22)9-27;/h1-4,6,8,11H,5,7,9,22H2,(H,23,28)(H,24,25,26);1H/t11-;/m0./s1. The first-order chi connectivity index (χ1) is 13.3. The lowest BCUT2D eigenvalue weighted by Crippen LogP contribution is -2.28.